The fourth-order valence-electron chi connectivity index (χ4n) is 1.44. The SMILES string of the molecule is SCc1cnc(CN2CCOCC2)s1. The van der Waals surface area contributed by atoms with Gasteiger partial charge in [-0.2, -0.15) is 12.6 Å². The molecule has 0 atom stereocenters. The Morgan fingerprint density at radius 3 is 2.93 bits per heavy atom. The number of rotatable bonds is 3. The van der Waals surface area contributed by atoms with Crippen LogP contribution in [0.15, 0.2) is 6.20 Å². The Morgan fingerprint density at radius 2 is 2.29 bits per heavy atom. The summed E-state index contributed by atoms with van der Waals surface area (Å²) in [6.45, 7) is 4.71. The van der Waals surface area contributed by atoms with Crippen LogP contribution >= 0.6 is 24.0 Å². The molecule has 0 unspecified atom stereocenters. The van der Waals surface area contributed by atoms with Gasteiger partial charge in [-0.25, -0.2) is 4.98 Å². The van der Waals surface area contributed by atoms with Gasteiger partial charge in [0.05, 0.1) is 19.8 Å². The summed E-state index contributed by atoms with van der Waals surface area (Å²) in [7, 11) is 0. The molecule has 1 aliphatic heterocycles. The minimum absolute atomic E-state index is 0.792. The van der Waals surface area contributed by atoms with Crippen molar-refractivity contribution >= 4 is 24.0 Å². The molecule has 0 spiro atoms. The third kappa shape index (κ3) is 2.70. The number of ether oxygens (including phenoxy) is 1. The summed E-state index contributed by atoms with van der Waals surface area (Å²) < 4.78 is 5.29. The number of nitrogens with zero attached hydrogens (tertiary/aromatic N) is 2. The third-order valence-electron chi connectivity index (χ3n) is 2.22. The van der Waals surface area contributed by atoms with Gasteiger partial charge in [-0.3, -0.25) is 4.90 Å². The Labute approximate surface area is 93.5 Å². The number of aromatic nitrogens is 1. The molecule has 0 aromatic carbocycles. The maximum Gasteiger partial charge on any atom is 0.107 e. The number of morpholine rings is 1. The van der Waals surface area contributed by atoms with Crippen LogP contribution in [0.1, 0.15) is 9.88 Å². The van der Waals surface area contributed by atoms with Gasteiger partial charge in [0.25, 0.3) is 0 Å². The van der Waals surface area contributed by atoms with E-state index in [2.05, 4.69) is 22.5 Å². The van der Waals surface area contributed by atoms with Gasteiger partial charge in [0.2, 0.25) is 0 Å². The lowest BCUT2D eigenvalue weighted by Gasteiger charge is -2.25. The van der Waals surface area contributed by atoms with Gasteiger partial charge in [0.15, 0.2) is 0 Å². The normalized spacial score (nSPS) is 18.6. The number of thiazole rings is 1. The summed E-state index contributed by atoms with van der Waals surface area (Å²) in [5.74, 6) is 0.792. The molecule has 2 rings (SSSR count). The monoisotopic (exact) mass is 230 g/mol. The van der Waals surface area contributed by atoms with Crippen LogP contribution in [-0.2, 0) is 17.0 Å². The Hall–Kier alpha value is -0.100. The number of hydrogen-bond acceptors (Lipinski definition) is 5. The van der Waals surface area contributed by atoms with Crippen LogP contribution in [0.4, 0.5) is 0 Å². The first-order chi connectivity index (χ1) is 6.88. The van der Waals surface area contributed by atoms with E-state index in [1.807, 2.05) is 6.20 Å². The second-order valence-corrected chi connectivity index (χ2v) is 4.78. The molecule has 3 nitrogen and oxygen atoms in total. The quantitative estimate of drug-likeness (QED) is 0.795. The standard InChI is InChI=1S/C9H14N2OS2/c13-7-8-5-10-9(14-8)6-11-1-3-12-4-2-11/h5,13H,1-4,6-7H2. The first-order valence-corrected chi connectivity index (χ1v) is 6.18. The average Bonchev–Trinajstić information content (AvgIpc) is 2.67. The van der Waals surface area contributed by atoms with Crippen molar-refractivity contribution in [3.8, 4) is 0 Å². The fraction of sp³-hybridized carbons (Fsp3) is 0.667. The summed E-state index contributed by atoms with van der Waals surface area (Å²) >= 11 is 5.98. The highest BCUT2D eigenvalue weighted by molar-refractivity contribution is 7.79. The van der Waals surface area contributed by atoms with E-state index in [1.165, 1.54) is 9.88 Å². The van der Waals surface area contributed by atoms with Gasteiger partial charge >= 0.3 is 0 Å². The Kier molecular flexibility index (Phi) is 3.81. The molecule has 0 amide bonds. The molecule has 1 aromatic heterocycles. The van der Waals surface area contributed by atoms with E-state index < -0.39 is 0 Å². The molecule has 0 aliphatic carbocycles. The van der Waals surface area contributed by atoms with Gasteiger partial charge in [-0.05, 0) is 0 Å². The lowest BCUT2D eigenvalue weighted by atomic mass is 10.4. The highest BCUT2D eigenvalue weighted by Gasteiger charge is 2.12. The van der Waals surface area contributed by atoms with Crippen LogP contribution in [0, 0.1) is 0 Å². The van der Waals surface area contributed by atoms with Crippen molar-refractivity contribution in [2.75, 3.05) is 26.3 Å². The minimum atomic E-state index is 0.792. The van der Waals surface area contributed by atoms with Gasteiger partial charge in [-0.1, -0.05) is 0 Å². The second-order valence-electron chi connectivity index (χ2n) is 3.27. The van der Waals surface area contributed by atoms with Crippen LogP contribution in [0.25, 0.3) is 0 Å². The van der Waals surface area contributed by atoms with Crippen LogP contribution in [0.5, 0.6) is 0 Å². The van der Waals surface area contributed by atoms with Crippen LogP contribution < -0.4 is 0 Å². The highest BCUT2D eigenvalue weighted by atomic mass is 32.1. The Morgan fingerprint density at radius 1 is 1.50 bits per heavy atom. The largest absolute Gasteiger partial charge is 0.379 e. The molecule has 0 saturated carbocycles. The van der Waals surface area contributed by atoms with Crippen LogP contribution in [-0.4, -0.2) is 36.2 Å². The van der Waals surface area contributed by atoms with Crippen molar-refractivity contribution in [3.05, 3.63) is 16.1 Å². The Bertz CT molecular complexity index is 284. The predicted molar refractivity (Wildman–Crippen MR) is 60.9 cm³/mol. The van der Waals surface area contributed by atoms with Crippen molar-refractivity contribution < 1.29 is 4.74 Å². The molecule has 14 heavy (non-hydrogen) atoms. The van der Waals surface area contributed by atoms with E-state index in [-0.39, 0.29) is 0 Å². The highest BCUT2D eigenvalue weighted by Crippen LogP contribution is 2.16. The molecule has 78 valence electrons. The van der Waals surface area contributed by atoms with E-state index in [4.69, 9.17) is 4.74 Å². The summed E-state index contributed by atoms with van der Waals surface area (Å²) in [5.41, 5.74) is 0. The molecule has 0 radical (unpaired) electrons. The lowest BCUT2D eigenvalue weighted by molar-refractivity contribution is 0.0341. The molecule has 0 N–H and O–H groups in total. The summed E-state index contributed by atoms with van der Waals surface area (Å²) in [6, 6.07) is 0. The molecule has 1 aliphatic rings. The van der Waals surface area contributed by atoms with Crippen LogP contribution in [0.3, 0.4) is 0 Å². The van der Waals surface area contributed by atoms with Crippen molar-refractivity contribution in [1.29, 1.82) is 0 Å². The first-order valence-electron chi connectivity index (χ1n) is 4.73. The maximum atomic E-state index is 5.29. The van der Waals surface area contributed by atoms with Gasteiger partial charge in [0.1, 0.15) is 5.01 Å². The van der Waals surface area contributed by atoms with Crippen molar-refractivity contribution in [2.45, 2.75) is 12.3 Å². The molecular weight excluding hydrogens is 216 g/mol. The second kappa shape index (κ2) is 5.11. The first kappa shape index (κ1) is 10.4. The van der Waals surface area contributed by atoms with Gasteiger partial charge < -0.3 is 4.74 Å². The van der Waals surface area contributed by atoms with Gasteiger partial charge in [-0.15, -0.1) is 11.3 Å². The van der Waals surface area contributed by atoms with E-state index >= 15 is 0 Å². The van der Waals surface area contributed by atoms with E-state index in [0.717, 1.165) is 38.6 Å². The smallest absolute Gasteiger partial charge is 0.107 e. The lowest BCUT2D eigenvalue weighted by Crippen LogP contribution is -2.35. The molecular formula is C9H14N2OS2. The topological polar surface area (TPSA) is 25.4 Å². The zero-order valence-corrected chi connectivity index (χ0v) is 9.69. The molecule has 5 heteroatoms. The van der Waals surface area contributed by atoms with E-state index in [0.29, 0.717) is 0 Å². The maximum absolute atomic E-state index is 5.29. The zero-order chi connectivity index (χ0) is 9.80. The number of thiol groups is 1. The molecule has 1 fully saturated rings. The van der Waals surface area contributed by atoms with E-state index in [9.17, 15) is 0 Å². The molecule has 1 aromatic rings. The summed E-state index contributed by atoms with van der Waals surface area (Å²) in [6.07, 6.45) is 1.92. The summed E-state index contributed by atoms with van der Waals surface area (Å²) in [5, 5.41) is 1.19. The van der Waals surface area contributed by atoms with Crippen molar-refractivity contribution in [1.82, 2.24) is 9.88 Å². The fourth-order valence-corrected chi connectivity index (χ4v) is 2.55. The Balaban J connectivity index is 1.89. The average molecular weight is 230 g/mol. The molecule has 1 saturated heterocycles. The van der Waals surface area contributed by atoms with Crippen molar-refractivity contribution in [3.63, 3.8) is 0 Å². The molecule has 2 heterocycles. The predicted octanol–water partition coefficient (Wildman–Crippen LogP) is 1.41. The molecule has 0 bridgehead atoms. The van der Waals surface area contributed by atoms with E-state index in [1.54, 1.807) is 11.3 Å². The van der Waals surface area contributed by atoms with Gasteiger partial charge in [0, 0.05) is 29.9 Å². The number of hydrogen-bond donors (Lipinski definition) is 1. The third-order valence-corrected chi connectivity index (χ3v) is 3.76. The van der Waals surface area contributed by atoms with Crippen molar-refractivity contribution in [2.24, 2.45) is 0 Å². The minimum Gasteiger partial charge on any atom is -0.379 e. The zero-order valence-electron chi connectivity index (χ0n) is 7.98. The summed E-state index contributed by atoms with van der Waals surface area (Å²) in [4.78, 5) is 7.99. The van der Waals surface area contributed by atoms with Crippen LogP contribution in [0.2, 0.25) is 0 Å².